The molecule has 2 heterocycles. The number of hydrogen-bond donors (Lipinski definition) is 2. The lowest BCUT2D eigenvalue weighted by atomic mass is 9.55. The van der Waals surface area contributed by atoms with Crippen molar-refractivity contribution in [3.63, 3.8) is 0 Å². The number of allylic oxidation sites excluding steroid dienone is 1. The molecule has 6 atom stereocenters. The monoisotopic (exact) mass is 866 g/mol. The molecule has 3 aliphatic rings. The summed E-state index contributed by atoms with van der Waals surface area (Å²) in [6.07, 6.45) is 11.3. The summed E-state index contributed by atoms with van der Waals surface area (Å²) >= 11 is 0. The van der Waals surface area contributed by atoms with E-state index in [1.807, 2.05) is 30.3 Å². The number of likely N-dealkylation sites (N-methyl/N-ethyl adjacent to an activating group) is 1. The quantitative estimate of drug-likeness (QED) is 0.0360. The number of ether oxygens (including phenoxy) is 3. The zero-order valence-corrected chi connectivity index (χ0v) is 35.7. The molecule has 1 aromatic heterocycles. The molecule has 0 bridgehead atoms. The molecule has 62 heavy (non-hydrogen) atoms. The lowest BCUT2D eigenvalue weighted by Crippen LogP contribution is -2.69. The maximum atomic E-state index is 15.1. The van der Waals surface area contributed by atoms with E-state index >= 15 is 8.42 Å². The number of nitro benzene ring substituents is 1. The van der Waals surface area contributed by atoms with Gasteiger partial charge in [-0.2, -0.15) is 4.31 Å². The van der Waals surface area contributed by atoms with Gasteiger partial charge in [0.05, 0.1) is 34.7 Å². The highest BCUT2D eigenvalue weighted by atomic mass is 32.2. The Kier molecular flexibility index (Phi) is 14.2. The summed E-state index contributed by atoms with van der Waals surface area (Å²) in [6, 6.07) is 19.3. The molecule has 1 saturated carbocycles. The van der Waals surface area contributed by atoms with Gasteiger partial charge in [0.25, 0.3) is 5.69 Å². The second-order valence-corrected chi connectivity index (χ2v) is 17.9. The molecular formula is C47H54N4O10S. The topological polar surface area (TPSA) is 183 Å². The normalized spacial score (nSPS) is 23.5. The molecule has 328 valence electrons. The molecule has 0 unspecified atom stereocenters. The van der Waals surface area contributed by atoms with E-state index in [2.05, 4.69) is 24.2 Å². The highest BCUT2D eigenvalue weighted by Gasteiger charge is 2.65. The van der Waals surface area contributed by atoms with Gasteiger partial charge in [-0.3, -0.25) is 15.1 Å². The van der Waals surface area contributed by atoms with Crippen molar-refractivity contribution in [2.24, 2.45) is 22.9 Å². The Hall–Kier alpha value is -5.45. The Morgan fingerprint density at radius 2 is 1.74 bits per heavy atom. The molecule has 15 heteroatoms. The molecule has 0 amide bonds. The number of aliphatic hydroxyl groups is 2. The van der Waals surface area contributed by atoms with Gasteiger partial charge < -0.3 is 29.3 Å². The zero-order chi connectivity index (χ0) is 43.9. The molecule has 2 N–H and O–H groups in total. The first kappa shape index (κ1) is 44.6. The van der Waals surface area contributed by atoms with Gasteiger partial charge in [0.1, 0.15) is 29.6 Å². The van der Waals surface area contributed by atoms with Gasteiger partial charge in [0.15, 0.2) is 0 Å². The van der Waals surface area contributed by atoms with Crippen LogP contribution in [0.25, 0.3) is 10.9 Å². The van der Waals surface area contributed by atoms with Crippen molar-refractivity contribution in [1.82, 2.24) is 9.29 Å². The Labute approximate surface area is 362 Å². The van der Waals surface area contributed by atoms with Crippen molar-refractivity contribution in [3.8, 4) is 11.5 Å². The SMILES string of the molecule is C=CCOc1ccc2c(c1)[C@H]1[C@H](CCCCO)[C@@H](CCCCO)C=C3C(=NOCc4ccc([N+](=O)[O-])cc4)C[C@H](N(C)S(=O)(=O)c4cccc5cccnc45)[C@@](OCC=C)(O2)[C@H]31. The van der Waals surface area contributed by atoms with Gasteiger partial charge in [-0.25, -0.2) is 8.42 Å². The zero-order valence-electron chi connectivity index (χ0n) is 34.9. The smallest absolute Gasteiger partial charge is 0.269 e. The van der Waals surface area contributed by atoms with E-state index in [-0.39, 0.29) is 67.8 Å². The lowest BCUT2D eigenvalue weighted by molar-refractivity contribution is -0.384. The predicted molar refractivity (Wildman–Crippen MR) is 235 cm³/mol. The average molecular weight is 867 g/mol. The molecule has 1 aliphatic heterocycles. The largest absolute Gasteiger partial charge is 0.490 e. The fourth-order valence-electron chi connectivity index (χ4n) is 9.45. The summed E-state index contributed by atoms with van der Waals surface area (Å²) < 4.78 is 51.8. The number of nitrogens with zero attached hydrogens (tertiary/aromatic N) is 4. The van der Waals surface area contributed by atoms with E-state index in [4.69, 9.17) is 24.2 Å². The first-order chi connectivity index (χ1) is 30.1. The fraction of sp³-hybridized carbons (Fsp3) is 0.404. The standard InChI is InChI=1S/C47H54N4O10S/c1-4-26-58-36-21-22-41-39(29-36)44-37(15-7-9-25-53)34(12-6-8-24-52)28-38-40(49-60-31-32-17-19-35(20-18-32)51(54)55)30-43(47(61-41,45(38)44)59-27-5-2)50(3)62(56,57)42-16-10-13-33-14-11-23-48-46(33)42/h4-5,10-11,13-14,16-23,28-29,34,37,43-45,52-53H,1-2,6-9,12,15,24-27,30-31H2,3H3/t34-,37+,43-,44+,45+,47+/m0/s1. The highest BCUT2D eigenvalue weighted by molar-refractivity contribution is 7.89. The number of benzene rings is 3. The molecule has 7 rings (SSSR count). The molecule has 1 fully saturated rings. The summed E-state index contributed by atoms with van der Waals surface area (Å²) in [7, 11) is -2.79. The predicted octanol–water partition coefficient (Wildman–Crippen LogP) is 7.86. The minimum absolute atomic E-state index is 0.00545. The number of nitro groups is 1. The van der Waals surface area contributed by atoms with Crippen LogP contribution in [0.15, 0.2) is 126 Å². The second-order valence-electron chi connectivity index (χ2n) is 15.9. The second kappa shape index (κ2) is 19.7. The summed E-state index contributed by atoms with van der Waals surface area (Å²) in [6.45, 7) is 8.20. The molecule has 4 aromatic rings. The molecule has 0 saturated heterocycles. The summed E-state index contributed by atoms with van der Waals surface area (Å²) in [5, 5.41) is 36.6. The molecule has 0 spiro atoms. The van der Waals surface area contributed by atoms with Crippen LogP contribution < -0.4 is 9.47 Å². The van der Waals surface area contributed by atoms with Crippen molar-refractivity contribution in [2.75, 3.05) is 33.5 Å². The number of non-ortho nitro benzene ring substituents is 1. The van der Waals surface area contributed by atoms with Gasteiger partial charge in [-0.1, -0.05) is 61.0 Å². The fourth-order valence-corrected chi connectivity index (χ4v) is 11.0. The summed E-state index contributed by atoms with van der Waals surface area (Å²) in [4.78, 5) is 21.5. The number of pyridine rings is 1. The number of rotatable bonds is 21. The molecule has 14 nitrogen and oxygen atoms in total. The van der Waals surface area contributed by atoms with E-state index in [0.29, 0.717) is 46.5 Å². The van der Waals surface area contributed by atoms with Crippen molar-refractivity contribution >= 4 is 32.3 Å². The Balaban J connectivity index is 1.44. The van der Waals surface area contributed by atoms with E-state index in [1.54, 1.807) is 48.7 Å². The van der Waals surface area contributed by atoms with Crippen LogP contribution in [0.3, 0.4) is 0 Å². The number of fused-ring (bicyclic) bond motifs is 3. The number of oxime groups is 1. The van der Waals surface area contributed by atoms with Crippen LogP contribution in [0.4, 0.5) is 5.69 Å². The van der Waals surface area contributed by atoms with Crippen LogP contribution in [0.1, 0.15) is 62.0 Å². The number of unbranched alkanes of at least 4 members (excludes halogenated alkanes) is 2. The van der Waals surface area contributed by atoms with Crippen LogP contribution in [0, 0.1) is 27.9 Å². The van der Waals surface area contributed by atoms with Crippen LogP contribution in [0.2, 0.25) is 0 Å². The number of sulfonamides is 1. The van der Waals surface area contributed by atoms with E-state index in [9.17, 15) is 20.3 Å². The number of aromatic nitrogens is 1. The van der Waals surface area contributed by atoms with Crippen molar-refractivity contribution in [1.29, 1.82) is 0 Å². The lowest BCUT2D eigenvalue weighted by Gasteiger charge is -2.59. The third-order valence-electron chi connectivity index (χ3n) is 12.3. The minimum atomic E-state index is -4.32. The number of para-hydroxylation sites is 1. The van der Waals surface area contributed by atoms with Gasteiger partial charge >= 0.3 is 0 Å². The van der Waals surface area contributed by atoms with Crippen molar-refractivity contribution < 1.29 is 42.6 Å². The van der Waals surface area contributed by atoms with Crippen LogP contribution in [-0.4, -0.2) is 83.9 Å². The van der Waals surface area contributed by atoms with Crippen molar-refractivity contribution in [2.45, 2.75) is 74.2 Å². The Bertz CT molecular complexity index is 2420. The van der Waals surface area contributed by atoms with Gasteiger partial charge in [-0.15, -0.1) is 6.58 Å². The van der Waals surface area contributed by atoms with E-state index in [0.717, 1.165) is 36.8 Å². The van der Waals surface area contributed by atoms with Crippen LogP contribution >= 0.6 is 0 Å². The average Bonchev–Trinajstić information content (AvgIpc) is 3.28. The molecule has 2 aliphatic carbocycles. The third kappa shape index (κ3) is 8.90. The summed E-state index contributed by atoms with van der Waals surface area (Å²) in [5.41, 5.74) is 3.11. The molecule has 0 radical (unpaired) electrons. The number of hydrogen-bond acceptors (Lipinski definition) is 12. The first-order valence-electron chi connectivity index (χ1n) is 21.1. The molecule has 3 aromatic carbocycles. The van der Waals surface area contributed by atoms with Crippen LogP contribution in [0.5, 0.6) is 11.5 Å². The maximum absolute atomic E-state index is 15.1. The minimum Gasteiger partial charge on any atom is -0.490 e. The van der Waals surface area contributed by atoms with Gasteiger partial charge in [0, 0.05) is 61.9 Å². The van der Waals surface area contributed by atoms with E-state index in [1.165, 1.54) is 23.5 Å². The Morgan fingerprint density at radius 1 is 1.00 bits per heavy atom. The van der Waals surface area contributed by atoms with Crippen molar-refractivity contribution in [3.05, 3.63) is 137 Å². The first-order valence-corrected chi connectivity index (χ1v) is 22.5. The molecular weight excluding hydrogens is 813 g/mol. The third-order valence-corrected chi connectivity index (χ3v) is 14.2. The van der Waals surface area contributed by atoms with Gasteiger partial charge in [0.2, 0.25) is 15.8 Å². The Morgan fingerprint density at radius 3 is 2.47 bits per heavy atom. The van der Waals surface area contributed by atoms with Crippen LogP contribution in [-0.2, 0) is 26.2 Å². The maximum Gasteiger partial charge on any atom is 0.269 e. The number of aliphatic hydroxyl groups excluding tert-OH is 2. The highest BCUT2D eigenvalue weighted by Crippen LogP contribution is 2.62. The van der Waals surface area contributed by atoms with E-state index < -0.39 is 32.7 Å². The summed E-state index contributed by atoms with van der Waals surface area (Å²) in [5.74, 6) is -1.50. The van der Waals surface area contributed by atoms with Gasteiger partial charge in [-0.05, 0) is 91.1 Å².